The van der Waals surface area contributed by atoms with E-state index in [4.69, 9.17) is 4.74 Å². The maximum absolute atomic E-state index is 11.6. The molecule has 1 saturated heterocycles. The molecule has 2 N–H and O–H groups in total. The lowest BCUT2D eigenvalue weighted by Gasteiger charge is -2.34. The van der Waals surface area contributed by atoms with Crippen molar-refractivity contribution in [3.8, 4) is 0 Å². The van der Waals surface area contributed by atoms with Crippen LogP contribution in [0, 0.1) is 5.41 Å². The van der Waals surface area contributed by atoms with Crippen molar-refractivity contribution in [3.63, 3.8) is 0 Å². The molecule has 0 spiro atoms. The van der Waals surface area contributed by atoms with Crippen LogP contribution in [0.3, 0.4) is 0 Å². The van der Waals surface area contributed by atoms with Gasteiger partial charge in [-0.2, -0.15) is 0 Å². The number of ether oxygens (including phenoxy) is 1. The predicted octanol–water partition coefficient (Wildman–Crippen LogP) is -0.0581. The van der Waals surface area contributed by atoms with Gasteiger partial charge in [-0.15, -0.1) is 0 Å². The number of hydrogen-bond donors (Lipinski definition) is 2. The second-order valence-corrected chi connectivity index (χ2v) is 6.62. The van der Waals surface area contributed by atoms with Gasteiger partial charge in [0.05, 0.1) is 12.4 Å². The molecule has 5 nitrogen and oxygen atoms in total. The highest BCUT2D eigenvalue weighted by molar-refractivity contribution is 7.89. The van der Waals surface area contributed by atoms with Crippen molar-refractivity contribution in [2.24, 2.45) is 5.41 Å². The Morgan fingerprint density at radius 2 is 2.00 bits per heavy atom. The second kappa shape index (κ2) is 5.95. The van der Waals surface area contributed by atoms with E-state index in [0.717, 1.165) is 25.9 Å². The molecule has 6 heteroatoms. The SMILES string of the molecule is COCCS(=O)(=O)NCC1(C)CCNCC1. The Hall–Kier alpha value is -0.170. The lowest BCUT2D eigenvalue weighted by atomic mass is 9.81. The summed E-state index contributed by atoms with van der Waals surface area (Å²) in [6.07, 6.45) is 2.03. The van der Waals surface area contributed by atoms with Gasteiger partial charge in [0.1, 0.15) is 0 Å². The molecule has 0 unspecified atom stereocenters. The van der Waals surface area contributed by atoms with Crippen LogP contribution in [0.2, 0.25) is 0 Å². The van der Waals surface area contributed by atoms with Crippen molar-refractivity contribution in [1.82, 2.24) is 10.0 Å². The Balaban J connectivity index is 2.37. The summed E-state index contributed by atoms with van der Waals surface area (Å²) < 4.78 is 30.6. The standard InChI is InChI=1S/C10H22N2O3S/c1-10(3-5-11-6-4-10)9-12-16(13,14)8-7-15-2/h11-12H,3-9H2,1-2H3. The van der Waals surface area contributed by atoms with Crippen LogP contribution in [0.25, 0.3) is 0 Å². The summed E-state index contributed by atoms with van der Waals surface area (Å²) in [7, 11) is -1.67. The molecule has 0 saturated carbocycles. The average molecular weight is 250 g/mol. The van der Waals surface area contributed by atoms with Crippen LogP contribution in [0.15, 0.2) is 0 Å². The number of hydrogen-bond acceptors (Lipinski definition) is 4. The van der Waals surface area contributed by atoms with E-state index in [-0.39, 0.29) is 17.8 Å². The Kier molecular flexibility index (Phi) is 5.17. The molecule has 1 aliphatic rings. The molecule has 1 heterocycles. The van der Waals surface area contributed by atoms with Gasteiger partial charge in [-0.25, -0.2) is 13.1 Å². The molecule has 96 valence electrons. The van der Waals surface area contributed by atoms with Crippen molar-refractivity contribution in [2.75, 3.05) is 39.1 Å². The van der Waals surface area contributed by atoms with Gasteiger partial charge in [0.2, 0.25) is 10.0 Å². The third-order valence-corrected chi connectivity index (χ3v) is 4.37. The highest BCUT2D eigenvalue weighted by Gasteiger charge is 2.28. The van der Waals surface area contributed by atoms with Gasteiger partial charge in [-0.1, -0.05) is 6.92 Å². The minimum atomic E-state index is -3.18. The van der Waals surface area contributed by atoms with Crippen LogP contribution in [0.1, 0.15) is 19.8 Å². The van der Waals surface area contributed by atoms with E-state index in [0.29, 0.717) is 6.54 Å². The largest absolute Gasteiger partial charge is 0.384 e. The number of methoxy groups -OCH3 is 1. The Bertz CT molecular complexity index is 297. The van der Waals surface area contributed by atoms with Gasteiger partial charge < -0.3 is 10.1 Å². The first-order chi connectivity index (χ1) is 7.47. The lowest BCUT2D eigenvalue weighted by Crippen LogP contribution is -2.43. The zero-order valence-electron chi connectivity index (χ0n) is 10.1. The van der Waals surface area contributed by atoms with Crippen molar-refractivity contribution >= 4 is 10.0 Å². The second-order valence-electron chi connectivity index (χ2n) is 4.69. The van der Waals surface area contributed by atoms with Gasteiger partial charge in [0.25, 0.3) is 0 Å². The molecule has 0 aromatic rings. The van der Waals surface area contributed by atoms with Crippen LogP contribution in [0.5, 0.6) is 0 Å². The van der Waals surface area contributed by atoms with Gasteiger partial charge in [-0.3, -0.25) is 0 Å². The summed E-state index contributed by atoms with van der Waals surface area (Å²) in [6, 6.07) is 0. The molecule has 0 atom stereocenters. The van der Waals surface area contributed by atoms with E-state index in [1.165, 1.54) is 7.11 Å². The van der Waals surface area contributed by atoms with Gasteiger partial charge >= 0.3 is 0 Å². The zero-order chi connectivity index (χ0) is 12.1. The number of piperidine rings is 1. The minimum Gasteiger partial charge on any atom is -0.384 e. The summed E-state index contributed by atoms with van der Waals surface area (Å²) in [5.74, 6) is 0.0395. The maximum atomic E-state index is 11.6. The highest BCUT2D eigenvalue weighted by atomic mass is 32.2. The molecule has 0 aromatic heterocycles. The normalized spacial score (nSPS) is 20.9. The third kappa shape index (κ3) is 4.78. The van der Waals surface area contributed by atoms with E-state index in [9.17, 15) is 8.42 Å². The molecule has 16 heavy (non-hydrogen) atoms. The fourth-order valence-corrected chi connectivity index (χ4v) is 2.86. The van der Waals surface area contributed by atoms with E-state index in [1.54, 1.807) is 0 Å². The van der Waals surface area contributed by atoms with Crippen LogP contribution in [-0.2, 0) is 14.8 Å². The maximum Gasteiger partial charge on any atom is 0.213 e. The Labute approximate surface area is 98.0 Å². The molecule has 0 radical (unpaired) electrons. The summed E-state index contributed by atoms with van der Waals surface area (Å²) in [5, 5.41) is 3.27. The first kappa shape index (κ1) is 13.9. The Morgan fingerprint density at radius 3 is 2.56 bits per heavy atom. The summed E-state index contributed by atoms with van der Waals surface area (Å²) in [4.78, 5) is 0. The monoisotopic (exact) mass is 250 g/mol. The van der Waals surface area contributed by atoms with Crippen LogP contribution in [0.4, 0.5) is 0 Å². The molecule has 1 rings (SSSR count). The summed E-state index contributed by atoms with van der Waals surface area (Å²) in [6.45, 7) is 4.84. The molecule has 0 bridgehead atoms. The molecule has 0 amide bonds. The summed E-state index contributed by atoms with van der Waals surface area (Å²) in [5.41, 5.74) is 0.0887. The van der Waals surface area contributed by atoms with E-state index in [1.807, 2.05) is 0 Å². The number of sulfonamides is 1. The molecule has 1 fully saturated rings. The van der Waals surface area contributed by atoms with Crippen molar-refractivity contribution in [3.05, 3.63) is 0 Å². The van der Waals surface area contributed by atoms with Gasteiger partial charge in [0.15, 0.2) is 0 Å². The molecular weight excluding hydrogens is 228 g/mol. The smallest absolute Gasteiger partial charge is 0.213 e. The number of nitrogens with one attached hydrogen (secondary N) is 2. The van der Waals surface area contributed by atoms with Crippen LogP contribution < -0.4 is 10.0 Å². The van der Waals surface area contributed by atoms with E-state index >= 15 is 0 Å². The first-order valence-corrected chi connectivity index (χ1v) is 7.30. The lowest BCUT2D eigenvalue weighted by molar-refractivity contribution is 0.215. The molecular formula is C10H22N2O3S. The highest BCUT2D eigenvalue weighted by Crippen LogP contribution is 2.26. The zero-order valence-corrected chi connectivity index (χ0v) is 10.9. The van der Waals surface area contributed by atoms with E-state index in [2.05, 4.69) is 17.0 Å². The van der Waals surface area contributed by atoms with E-state index < -0.39 is 10.0 Å². The van der Waals surface area contributed by atoms with Gasteiger partial charge in [-0.05, 0) is 31.3 Å². The predicted molar refractivity (Wildman–Crippen MR) is 63.9 cm³/mol. The van der Waals surface area contributed by atoms with Crippen LogP contribution >= 0.6 is 0 Å². The van der Waals surface area contributed by atoms with Crippen molar-refractivity contribution in [1.29, 1.82) is 0 Å². The molecule has 0 aliphatic carbocycles. The third-order valence-electron chi connectivity index (χ3n) is 3.09. The fourth-order valence-electron chi connectivity index (χ4n) is 1.76. The topological polar surface area (TPSA) is 67.4 Å². The molecule has 1 aliphatic heterocycles. The first-order valence-electron chi connectivity index (χ1n) is 5.64. The molecule has 0 aromatic carbocycles. The van der Waals surface area contributed by atoms with Crippen LogP contribution in [-0.4, -0.2) is 47.5 Å². The average Bonchev–Trinajstić information content (AvgIpc) is 2.25. The fraction of sp³-hybridized carbons (Fsp3) is 1.00. The van der Waals surface area contributed by atoms with Crippen molar-refractivity contribution in [2.45, 2.75) is 19.8 Å². The van der Waals surface area contributed by atoms with Crippen molar-refractivity contribution < 1.29 is 13.2 Å². The quantitative estimate of drug-likeness (QED) is 0.693. The Morgan fingerprint density at radius 1 is 1.38 bits per heavy atom. The summed E-state index contributed by atoms with van der Waals surface area (Å²) >= 11 is 0. The van der Waals surface area contributed by atoms with Gasteiger partial charge in [0, 0.05) is 13.7 Å². The number of rotatable bonds is 6. The minimum absolute atomic E-state index is 0.0395.